The number of rotatable bonds is 5. The maximum absolute atomic E-state index is 11.4. The second kappa shape index (κ2) is 4.73. The number of nitro groups is 2. The molecule has 1 aliphatic heterocycles. The summed E-state index contributed by atoms with van der Waals surface area (Å²) in [4.78, 5) is 31.8. The van der Waals surface area contributed by atoms with Gasteiger partial charge in [-0.25, -0.2) is 0 Å². The summed E-state index contributed by atoms with van der Waals surface area (Å²) in [5.41, 5.74) is -2.19. The molecule has 0 aromatic carbocycles. The van der Waals surface area contributed by atoms with E-state index < -0.39 is 28.6 Å². The van der Waals surface area contributed by atoms with E-state index in [0.29, 0.717) is 11.8 Å². The van der Waals surface area contributed by atoms with Crippen molar-refractivity contribution in [1.82, 2.24) is 4.90 Å². The summed E-state index contributed by atoms with van der Waals surface area (Å²) < 4.78 is 0. The zero-order valence-electron chi connectivity index (χ0n) is 8.30. The Morgan fingerprint density at radius 2 is 1.81 bits per heavy atom. The van der Waals surface area contributed by atoms with Crippen molar-refractivity contribution >= 4 is 21.8 Å². The van der Waals surface area contributed by atoms with Gasteiger partial charge in [-0.05, 0) is 6.42 Å². The van der Waals surface area contributed by atoms with Gasteiger partial charge in [0.2, 0.25) is 5.91 Å². The third-order valence-corrected chi connectivity index (χ3v) is 3.01. The summed E-state index contributed by atoms with van der Waals surface area (Å²) in [7, 11) is 0. The number of likely N-dealkylation sites (tertiary alicyclic amines) is 1. The molecule has 1 rings (SSSR count). The molecule has 0 radical (unpaired) electrons. The van der Waals surface area contributed by atoms with Crippen LogP contribution < -0.4 is 0 Å². The number of halogens is 1. The van der Waals surface area contributed by atoms with Gasteiger partial charge in [-0.2, -0.15) is 0 Å². The molecule has 0 atom stereocenters. The van der Waals surface area contributed by atoms with E-state index in [0.717, 1.165) is 4.90 Å². The summed E-state index contributed by atoms with van der Waals surface area (Å²) >= 11 is 3.15. The van der Waals surface area contributed by atoms with Crippen LogP contribution >= 0.6 is 15.9 Å². The third-order valence-electron chi connectivity index (χ3n) is 2.44. The number of carbonyl (C=O) groups excluding carboxylic acids is 1. The summed E-state index contributed by atoms with van der Waals surface area (Å²) in [6.07, 6.45) is 0.857. The number of alkyl halides is 1. The molecule has 1 fully saturated rings. The molecule has 8 nitrogen and oxygen atoms in total. The van der Waals surface area contributed by atoms with Crippen LogP contribution in [0.2, 0.25) is 0 Å². The fourth-order valence-electron chi connectivity index (χ4n) is 1.42. The number of hydrogen-bond acceptors (Lipinski definition) is 5. The highest BCUT2D eigenvalue weighted by Gasteiger charge is 2.67. The largest absolute Gasteiger partial charge is 0.492 e. The summed E-state index contributed by atoms with van der Waals surface area (Å²) in [5.74, 6) is -0.279. The Morgan fingerprint density at radius 1 is 1.31 bits per heavy atom. The second-order valence-electron chi connectivity index (χ2n) is 3.54. The Labute approximate surface area is 99.0 Å². The number of hydrogen-bond donors (Lipinski definition) is 0. The van der Waals surface area contributed by atoms with Gasteiger partial charge in [0.15, 0.2) is 13.1 Å². The first-order chi connectivity index (χ1) is 7.44. The molecule has 1 heterocycles. The van der Waals surface area contributed by atoms with Gasteiger partial charge in [0.1, 0.15) is 9.85 Å². The van der Waals surface area contributed by atoms with Crippen molar-refractivity contribution in [3.63, 3.8) is 0 Å². The zero-order valence-corrected chi connectivity index (χ0v) is 9.88. The molecule has 1 amide bonds. The van der Waals surface area contributed by atoms with Gasteiger partial charge in [0.25, 0.3) is 0 Å². The summed E-state index contributed by atoms with van der Waals surface area (Å²) in [5, 5.41) is 21.7. The minimum Gasteiger partial charge on any atom is -0.314 e. The minimum atomic E-state index is -2.19. The molecule has 0 aliphatic carbocycles. The van der Waals surface area contributed by atoms with Crippen molar-refractivity contribution in [3.05, 3.63) is 20.2 Å². The second-order valence-corrected chi connectivity index (χ2v) is 4.33. The van der Waals surface area contributed by atoms with E-state index in [1.165, 1.54) is 0 Å². The lowest BCUT2D eigenvalue weighted by atomic mass is 10.0. The van der Waals surface area contributed by atoms with Gasteiger partial charge < -0.3 is 4.90 Å². The number of amides is 1. The molecule has 0 unspecified atom stereocenters. The Balaban J connectivity index is 2.54. The first kappa shape index (κ1) is 12.8. The first-order valence-electron chi connectivity index (χ1n) is 4.57. The van der Waals surface area contributed by atoms with E-state index in [1.54, 1.807) is 0 Å². The predicted molar refractivity (Wildman–Crippen MR) is 56.3 cm³/mol. The van der Waals surface area contributed by atoms with Gasteiger partial charge in [0, 0.05) is 11.8 Å². The summed E-state index contributed by atoms with van der Waals surface area (Å²) in [6, 6.07) is 0. The molecule has 1 saturated heterocycles. The van der Waals surface area contributed by atoms with Gasteiger partial charge in [0.05, 0.1) is 0 Å². The molecular formula is C7H10BrN3O5. The van der Waals surface area contributed by atoms with Crippen LogP contribution in [0.25, 0.3) is 0 Å². The number of carbonyl (C=O) groups is 1. The van der Waals surface area contributed by atoms with Crippen molar-refractivity contribution in [2.24, 2.45) is 0 Å². The van der Waals surface area contributed by atoms with Gasteiger partial charge in [-0.3, -0.25) is 25.0 Å². The highest BCUT2D eigenvalue weighted by Crippen LogP contribution is 2.25. The fraction of sp³-hybridized carbons (Fsp3) is 0.857. The zero-order chi connectivity index (χ0) is 12.3. The molecular weight excluding hydrogens is 286 g/mol. The third kappa shape index (κ3) is 2.13. The van der Waals surface area contributed by atoms with Crippen molar-refractivity contribution in [1.29, 1.82) is 0 Å². The van der Waals surface area contributed by atoms with Crippen molar-refractivity contribution < 1.29 is 14.6 Å². The first-order valence-corrected chi connectivity index (χ1v) is 5.69. The predicted octanol–water partition coefficient (Wildman–Crippen LogP) is 0.253. The Morgan fingerprint density at radius 3 is 2.19 bits per heavy atom. The van der Waals surface area contributed by atoms with Crippen molar-refractivity contribution in [2.75, 3.05) is 18.4 Å². The van der Waals surface area contributed by atoms with Gasteiger partial charge >= 0.3 is 5.66 Å². The van der Waals surface area contributed by atoms with Crippen LogP contribution in [0, 0.1) is 20.2 Å². The lowest BCUT2D eigenvalue weighted by molar-refractivity contribution is -0.809. The van der Waals surface area contributed by atoms with Crippen LogP contribution in [0.4, 0.5) is 0 Å². The average Bonchev–Trinajstić information content (AvgIpc) is 2.11. The SMILES string of the molecule is O=C(CCCBr)N1CC([N+](=O)[O-])([N+](=O)[O-])C1. The lowest BCUT2D eigenvalue weighted by Gasteiger charge is -2.36. The molecule has 0 saturated carbocycles. The van der Waals surface area contributed by atoms with Gasteiger partial charge in [-0.1, -0.05) is 15.9 Å². The standard InChI is InChI=1S/C7H10BrN3O5/c8-3-1-2-6(12)9-4-7(5-9,10(13)14)11(15)16/h1-5H2. The monoisotopic (exact) mass is 295 g/mol. The molecule has 16 heavy (non-hydrogen) atoms. The molecule has 0 spiro atoms. The summed E-state index contributed by atoms with van der Waals surface area (Å²) in [6.45, 7) is -0.873. The average molecular weight is 296 g/mol. The maximum Gasteiger partial charge on any atom is 0.492 e. The van der Waals surface area contributed by atoms with E-state index in [2.05, 4.69) is 15.9 Å². The molecule has 90 valence electrons. The molecule has 9 heteroatoms. The Hall–Kier alpha value is -1.25. The van der Waals surface area contributed by atoms with E-state index in [9.17, 15) is 25.0 Å². The quantitative estimate of drug-likeness (QED) is 0.313. The highest BCUT2D eigenvalue weighted by atomic mass is 79.9. The van der Waals surface area contributed by atoms with Gasteiger partial charge in [-0.15, -0.1) is 0 Å². The fourth-order valence-corrected chi connectivity index (χ4v) is 1.70. The normalized spacial score (nSPS) is 17.7. The Kier molecular flexibility index (Phi) is 3.79. The van der Waals surface area contributed by atoms with Crippen molar-refractivity contribution in [2.45, 2.75) is 18.5 Å². The van der Waals surface area contributed by atoms with E-state index in [1.807, 2.05) is 0 Å². The lowest BCUT2D eigenvalue weighted by Crippen LogP contribution is -2.71. The maximum atomic E-state index is 11.4. The molecule has 0 bridgehead atoms. The van der Waals surface area contributed by atoms with Crippen LogP contribution in [-0.4, -0.2) is 44.7 Å². The molecule has 0 aromatic heterocycles. The van der Waals surface area contributed by atoms with Crippen LogP contribution in [-0.2, 0) is 4.79 Å². The molecule has 0 aromatic rings. The van der Waals surface area contributed by atoms with Crippen LogP contribution in [0.5, 0.6) is 0 Å². The highest BCUT2D eigenvalue weighted by molar-refractivity contribution is 9.09. The van der Waals surface area contributed by atoms with E-state index in [4.69, 9.17) is 0 Å². The van der Waals surface area contributed by atoms with E-state index >= 15 is 0 Å². The van der Waals surface area contributed by atoms with Crippen LogP contribution in [0.15, 0.2) is 0 Å². The van der Waals surface area contributed by atoms with Crippen molar-refractivity contribution in [3.8, 4) is 0 Å². The Bertz CT molecular complexity index is 312. The van der Waals surface area contributed by atoms with E-state index in [-0.39, 0.29) is 12.3 Å². The smallest absolute Gasteiger partial charge is 0.314 e. The number of nitrogens with zero attached hydrogens (tertiary/aromatic N) is 3. The molecule has 0 N–H and O–H groups in total. The van der Waals surface area contributed by atoms with Crippen LogP contribution in [0.1, 0.15) is 12.8 Å². The minimum absolute atomic E-state index is 0.247. The van der Waals surface area contributed by atoms with Crippen LogP contribution in [0.3, 0.4) is 0 Å². The topological polar surface area (TPSA) is 107 Å². The molecule has 1 aliphatic rings.